The van der Waals surface area contributed by atoms with E-state index in [9.17, 15) is 0 Å². The number of aromatic nitrogens is 2. The number of hydrogen-bond acceptors (Lipinski definition) is 5. The van der Waals surface area contributed by atoms with Gasteiger partial charge in [0.2, 0.25) is 0 Å². The van der Waals surface area contributed by atoms with Gasteiger partial charge < -0.3 is 10.1 Å². The van der Waals surface area contributed by atoms with Crippen molar-refractivity contribution in [2.24, 2.45) is 0 Å². The van der Waals surface area contributed by atoms with Gasteiger partial charge in [-0.05, 0) is 29.6 Å². The normalized spacial score (nSPS) is 10.7. The van der Waals surface area contributed by atoms with Crippen LogP contribution in [0.3, 0.4) is 0 Å². The van der Waals surface area contributed by atoms with Gasteiger partial charge in [-0.1, -0.05) is 28.8 Å². The zero-order chi connectivity index (χ0) is 12.6. The zero-order valence-electron chi connectivity index (χ0n) is 10.4. The molecule has 1 N–H and O–H groups in total. The van der Waals surface area contributed by atoms with Gasteiger partial charge in [-0.15, -0.1) is 5.10 Å². The molecular formula is C13H17N3OS. The lowest BCUT2D eigenvalue weighted by molar-refractivity contribution is 0.133. The van der Waals surface area contributed by atoms with Crippen molar-refractivity contribution in [2.75, 3.05) is 6.61 Å². The van der Waals surface area contributed by atoms with Crippen LogP contribution in [0.2, 0.25) is 0 Å². The highest BCUT2D eigenvalue weighted by molar-refractivity contribution is 7.03. The second kappa shape index (κ2) is 7.20. The molecule has 0 spiro atoms. The lowest BCUT2D eigenvalue weighted by Gasteiger charge is -2.09. The van der Waals surface area contributed by atoms with Gasteiger partial charge in [0.05, 0.1) is 12.3 Å². The Morgan fingerprint density at radius 3 is 2.78 bits per heavy atom. The van der Waals surface area contributed by atoms with Crippen LogP contribution in [0, 0.1) is 0 Å². The standard InChI is InChI=1S/C13H17N3OS/c1-2-17-9-12-6-4-3-5-11(12)7-14-8-13-10-18-16-15-13/h3-6,10,14H,2,7-9H2,1H3. The molecule has 5 heteroatoms. The van der Waals surface area contributed by atoms with Gasteiger partial charge in [0.25, 0.3) is 0 Å². The van der Waals surface area contributed by atoms with E-state index in [0.717, 1.165) is 25.4 Å². The van der Waals surface area contributed by atoms with E-state index in [1.807, 2.05) is 18.4 Å². The number of nitrogens with one attached hydrogen (secondary N) is 1. The predicted molar refractivity (Wildman–Crippen MR) is 72.2 cm³/mol. The fourth-order valence-electron chi connectivity index (χ4n) is 1.67. The SMILES string of the molecule is CCOCc1ccccc1CNCc1csnn1. The quantitative estimate of drug-likeness (QED) is 0.833. The van der Waals surface area contributed by atoms with Crippen molar-refractivity contribution in [2.45, 2.75) is 26.6 Å². The van der Waals surface area contributed by atoms with E-state index >= 15 is 0 Å². The highest BCUT2D eigenvalue weighted by Crippen LogP contribution is 2.10. The molecule has 18 heavy (non-hydrogen) atoms. The van der Waals surface area contributed by atoms with Gasteiger partial charge in [-0.2, -0.15) is 0 Å². The van der Waals surface area contributed by atoms with Gasteiger partial charge in [0.1, 0.15) is 0 Å². The molecule has 1 heterocycles. The lowest BCUT2D eigenvalue weighted by atomic mass is 10.1. The molecule has 1 aromatic heterocycles. The monoisotopic (exact) mass is 263 g/mol. The van der Waals surface area contributed by atoms with Crippen LogP contribution in [-0.2, 0) is 24.4 Å². The predicted octanol–water partition coefficient (Wildman–Crippen LogP) is 2.36. The first-order valence-electron chi connectivity index (χ1n) is 6.01. The smallest absolute Gasteiger partial charge is 0.0893 e. The van der Waals surface area contributed by atoms with Crippen LogP contribution in [0.4, 0.5) is 0 Å². The van der Waals surface area contributed by atoms with Crippen molar-refractivity contribution in [3.8, 4) is 0 Å². The average Bonchev–Trinajstić information content (AvgIpc) is 2.91. The van der Waals surface area contributed by atoms with E-state index in [2.05, 4.69) is 33.1 Å². The van der Waals surface area contributed by atoms with E-state index < -0.39 is 0 Å². The Hall–Kier alpha value is -1.30. The molecule has 0 saturated carbocycles. The molecule has 0 atom stereocenters. The number of ether oxygens (including phenoxy) is 1. The fourth-order valence-corrected chi connectivity index (χ4v) is 2.12. The number of rotatable bonds is 7. The van der Waals surface area contributed by atoms with E-state index in [0.29, 0.717) is 6.61 Å². The molecule has 0 aliphatic heterocycles. The Labute approximate surface area is 111 Å². The first-order chi connectivity index (χ1) is 8.90. The molecule has 0 bridgehead atoms. The second-order valence-corrected chi connectivity index (χ2v) is 4.52. The van der Waals surface area contributed by atoms with Gasteiger partial charge in [0.15, 0.2) is 0 Å². The van der Waals surface area contributed by atoms with Gasteiger partial charge >= 0.3 is 0 Å². The summed E-state index contributed by atoms with van der Waals surface area (Å²) in [6, 6.07) is 8.33. The minimum absolute atomic E-state index is 0.673. The maximum Gasteiger partial charge on any atom is 0.0893 e. The molecule has 0 fully saturated rings. The van der Waals surface area contributed by atoms with E-state index in [1.165, 1.54) is 22.7 Å². The molecule has 0 aliphatic carbocycles. The van der Waals surface area contributed by atoms with Crippen LogP contribution < -0.4 is 5.32 Å². The zero-order valence-corrected chi connectivity index (χ0v) is 11.2. The van der Waals surface area contributed by atoms with E-state index in [4.69, 9.17) is 4.74 Å². The number of nitrogens with zero attached hydrogens (tertiary/aromatic N) is 2. The molecule has 2 rings (SSSR count). The van der Waals surface area contributed by atoms with Crippen molar-refractivity contribution >= 4 is 11.5 Å². The van der Waals surface area contributed by atoms with Gasteiger partial charge in [-0.3, -0.25) is 0 Å². The first-order valence-corrected chi connectivity index (χ1v) is 6.85. The molecule has 0 amide bonds. The van der Waals surface area contributed by atoms with Crippen LogP contribution in [0.1, 0.15) is 23.7 Å². The van der Waals surface area contributed by atoms with Crippen molar-refractivity contribution in [3.05, 3.63) is 46.5 Å². The summed E-state index contributed by atoms with van der Waals surface area (Å²) in [7, 11) is 0. The summed E-state index contributed by atoms with van der Waals surface area (Å²) in [4.78, 5) is 0. The summed E-state index contributed by atoms with van der Waals surface area (Å²) in [6.07, 6.45) is 0. The summed E-state index contributed by atoms with van der Waals surface area (Å²) >= 11 is 1.38. The largest absolute Gasteiger partial charge is 0.377 e. The van der Waals surface area contributed by atoms with E-state index in [-0.39, 0.29) is 0 Å². The Bertz CT molecular complexity index is 459. The molecule has 0 aliphatic rings. The summed E-state index contributed by atoms with van der Waals surface area (Å²) in [5.41, 5.74) is 3.50. The fraction of sp³-hybridized carbons (Fsp3) is 0.385. The number of benzene rings is 1. The van der Waals surface area contributed by atoms with Gasteiger partial charge in [-0.25, -0.2) is 0 Å². The van der Waals surface area contributed by atoms with Gasteiger partial charge in [0, 0.05) is 25.1 Å². The summed E-state index contributed by atoms with van der Waals surface area (Å²) in [5.74, 6) is 0. The Morgan fingerprint density at radius 2 is 2.06 bits per heavy atom. The maximum absolute atomic E-state index is 5.46. The van der Waals surface area contributed by atoms with Crippen molar-refractivity contribution in [1.82, 2.24) is 14.9 Å². The Balaban J connectivity index is 1.87. The van der Waals surface area contributed by atoms with Crippen molar-refractivity contribution < 1.29 is 4.74 Å². The highest BCUT2D eigenvalue weighted by Gasteiger charge is 2.02. The molecule has 0 unspecified atom stereocenters. The molecular weight excluding hydrogens is 246 g/mol. The summed E-state index contributed by atoms with van der Waals surface area (Å²) < 4.78 is 9.30. The minimum atomic E-state index is 0.673. The minimum Gasteiger partial charge on any atom is -0.377 e. The summed E-state index contributed by atoms with van der Waals surface area (Å²) in [6.45, 7) is 5.00. The molecule has 96 valence electrons. The molecule has 4 nitrogen and oxygen atoms in total. The van der Waals surface area contributed by atoms with Crippen LogP contribution in [0.5, 0.6) is 0 Å². The van der Waals surface area contributed by atoms with E-state index in [1.54, 1.807) is 0 Å². The third-order valence-electron chi connectivity index (χ3n) is 2.61. The third kappa shape index (κ3) is 3.87. The topological polar surface area (TPSA) is 47.0 Å². The third-order valence-corrected chi connectivity index (χ3v) is 3.16. The van der Waals surface area contributed by atoms with Crippen molar-refractivity contribution in [3.63, 3.8) is 0 Å². The van der Waals surface area contributed by atoms with Crippen LogP contribution in [-0.4, -0.2) is 16.2 Å². The van der Waals surface area contributed by atoms with Crippen LogP contribution in [0.25, 0.3) is 0 Å². The molecule has 0 radical (unpaired) electrons. The molecule has 1 aromatic carbocycles. The molecule has 0 saturated heterocycles. The Kier molecular flexibility index (Phi) is 5.26. The maximum atomic E-state index is 5.46. The summed E-state index contributed by atoms with van der Waals surface area (Å²) in [5, 5.41) is 9.33. The second-order valence-electron chi connectivity index (χ2n) is 3.91. The van der Waals surface area contributed by atoms with Crippen LogP contribution in [0.15, 0.2) is 29.6 Å². The average molecular weight is 263 g/mol. The Morgan fingerprint density at radius 1 is 1.22 bits per heavy atom. The number of hydrogen-bond donors (Lipinski definition) is 1. The first kappa shape index (κ1) is 13.1. The molecule has 2 aromatic rings. The highest BCUT2D eigenvalue weighted by atomic mass is 32.1. The van der Waals surface area contributed by atoms with Crippen molar-refractivity contribution in [1.29, 1.82) is 0 Å². The van der Waals surface area contributed by atoms with Crippen LogP contribution >= 0.6 is 11.5 Å². The lowest BCUT2D eigenvalue weighted by Crippen LogP contribution is -2.14.